The average Bonchev–Trinajstić information content (AvgIpc) is 2.45. The number of ether oxygens (including phenoxy) is 2. The molecule has 1 saturated heterocycles. The van der Waals surface area contributed by atoms with Crippen LogP contribution in [0.4, 0.5) is 4.79 Å². The minimum Gasteiger partial charge on any atom is -0.496 e. The summed E-state index contributed by atoms with van der Waals surface area (Å²) in [4.78, 5) is 23.6. The van der Waals surface area contributed by atoms with Crippen LogP contribution in [0.5, 0.6) is 5.75 Å². The summed E-state index contributed by atoms with van der Waals surface area (Å²) in [5.74, 6) is -0.603. The highest BCUT2D eigenvalue weighted by atomic mass is 16.5. The number of benzene rings is 1. The molecule has 1 aliphatic heterocycles. The van der Waals surface area contributed by atoms with Gasteiger partial charge < -0.3 is 20.1 Å². The molecular weight excluding hydrogens is 260 g/mol. The van der Waals surface area contributed by atoms with Gasteiger partial charge in [0.15, 0.2) is 0 Å². The van der Waals surface area contributed by atoms with Crippen LogP contribution in [0, 0.1) is 5.92 Å². The Kier molecular flexibility index (Phi) is 3.93. The number of hydrogen-bond donors (Lipinski definition) is 2. The predicted molar refractivity (Wildman–Crippen MR) is 72.0 cm³/mol. The number of carbonyl (C=O) groups is 2. The highest BCUT2D eigenvalue weighted by molar-refractivity contribution is 5.85. The molecular formula is C14H16N2O4. The van der Waals surface area contributed by atoms with E-state index in [9.17, 15) is 9.59 Å². The van der Waals surface area contributed by atoms with Crippen LogP contribution >= 0.6 is 0 Å². The van der Waals surface area contributed by atoms with Crippen LogP contribution < -0.4 is 15.4 Å². The first kappa shape index (κ1) is 13.9. The Morgan fingerprint density at radius 1 is 1.30 bits per heavy atom. The first-order chi connectivity index (χ1) is 9.58. The smallest absolute Gasteiger partial charge is 0.319 e. The maximum absolute atomic E-state index is 12.0. The third-order valence-corrected chi connectivity index (χ3v) is 3.20. The molecule has 1 aromatic rings. The molecule has 2 unspecified atom stereocenters. The largest absolute Gasteiger partial charge is 0.496 e. The Morgan fingerprint density at radius 3 is 2.65 bits per heavy atom. The van der Waals surface area contributed by atoms with Gasteiger partial charge in [0.05, 0.1) is 20.3 Å². The van der Waals surface area contributed by atoms with Crippen LogP contribution in [-0.4, -0.2) is 26.2 Å². The number of urea groups is 1. The van der Waals surface area contributed by atoms with E-state index in [0.717, 1.165) is 0 Å². The molecule has 0 aromatic heterocycles. The van der Waals surface area contributed by atoms with Gasteiger partial charge in [-0.15, -0.1) is 0 Å². The average molecular weight is 276 g/mol. The Hall–Kier alpha value is -2.50. The standard InChI is InChI=1S/C14H16N2O4/c1-8-11(13(17)20-3)12(16-14(18)15-8)9-6-4-5-7-10(9)19-2/h4-7,11-12H,1H2,2-3H3,(H2,15,16,18). The maximum atomic E-state index is 12.0. The Labute approximate surface area is 116 Å². The summed E-state index contributed by atoms with van der Waals surface area (Å²) in [6.45, 7) is 3.73. The summed E-state index contributed by atoms with van der Waals surface area (Å²) in [7, 11) is 2.83. The van der Waals surface area contributed by atoms with Crippen LogP contribution in [0.3, 0.4) is 0 Å². The van der Waals surface area contributed by atoms with Crippen molar-refractivity contribution in [2.45, 2.75) is 6.04 Å². The van der Waals surface area contributed by atoms with Gasteiger partial charge in [0.25, 0.3) is 0 Å². The number of hydrogen-bond acceptors (Lipinski definition) is 4. The third kappa shape index (κ3) is 2.45. The highest BCUT2D eigenvalue weighted by Gasteiger charge is 2.39. The molecule has 1 aliphatic rings. The van der Waals surface area contributed by atoms with Gasteiger partial charge in [0, 0.05) is 11.3 Å². The van der Waals surface area contributed by atoms with E-state index in [2.05, 4.69) is 17.2 Å². The summed E-state index contributed by atoms with van der Waals surface area (Å²) in [6, 6.07) is 6.18. The molecule has 2 amide bonds. The van der Waals surface area contributed by atoms with Gasteiger partial charge in [-0.1, -0.05) is 24.8 Å². The predicted octanol–water partition coefficient (Wildman–Crippen LogP) is 1.35. The van der Waals surface area contributed by atoms with Crippen molar-refractivity contribution in [1.82, 2.24) is 10.6 Å². The molecule has 0 spiro atoms. The first-order valence-electron chi connectivity index (χ1n) is 6.05. The van der Waals surface area contributed by atoms with Crippen LogP contribution in [0.1, 0.15) is 11.6 Å². The fourth-order valence-corrected chi connectivity index (χ4v) is 2.27. The summed E-state index contributed by atoms with van der Waals surface area (Å²) in [6.07, 6.45) is 0. The second kappa shape index (κ2) is 5.64. The number of methoxy groups -OCH3 is 2. The van der Waals surface area contributed by atoms with E-state index in [4.69, 9.17) is 9.47 Å². The lowest BCUT2D eigenvalue weighted by atomic mass is 9.88. The Morgan fingerprint density at radius 2 is 2.00 bits per heavy atom. The van der Waals surface area contributed by atoms with Crippen molar-refractivity contribution in [1.29, 1.82) is 0 Å². The first-order valence-corrected chi connectivity index (χ1v) is 6.05. The van der Waals surface area contributed by atoms with Crippen molar-refractivity contribution >= 4 is 12.0 Å². The molecule has 2 atom stereocenters. The minimum atomic E-state index is -0.714. The van der Waals surface area contributed by atoms with Gasteiger partial charge >= 0.3 is 12.0 Å². The molecule has 0 bridgehead atoms. The van der Waals surface area contributed by atoms with Crippen molar-refractivity contribution in [3.8, 4) is 5.75 Å². The molecule has 0 aliphatic carbocycles. The zero-order valence-electron chi connectivity index (χ0n) is 11.3. The fourth-order valence-electron chi connectivity index (χ4n) is 2.27. The molecule has 1 heterocycles. The van der Waals surface area contributed by atoms with Crippen molar-refractivity contribution in [3.05, 3.63) is 42.1 Å². The van der Waals surface area contributed by atoms with E-state index in [1.165, 1.54) is 14.2 Å². The number of nitrogens with one attached hydrogen (secondary N) is 2. The Balaban J connectivity index is 2.46. The molecule has 1 fully saturated rings. The zero-order valence-corrected chi connectivity index (χ0v) is 11.3. The molecule has 6 heteroatoms. The lowest BCUT2D eigenvalue weighted by Crippen LogP contribution is -2.51. The van der Waals surface area contributed by atoms with Crippen molar-refractivity contribution in [2.24, 2.45) is 5.92 Å². The summed E-state index contributed by atoms with van der Waals surface area (Å²) >= 11 is 0. The minimum absolute atomic E-state index is 0.302. The van der Waals surface area contributed by atoms with Gasteiger partial charge in [0.2, 0.25) is 0 Å². The number of carbonyl (C=O) groups excluding carboxylic acids is 2. The second-order valence-electron chi connectivity index (χ2n) is 4.34. The molecule has 2 rings (SSSR count). The topological polar surface area (TPSA) is 76.7 Å². The summed E-state index contributed by atoms with van der Waals surface area (Å²) in [5, 5.41) is 5.21. The molecule has 6 nitrogen and oxygen atoms in total. The van der Waals surface area contributed by atoms with Crippen molar-refractivity contribution in [2.75, 3.05) is 14.2 Å². The summed E-state index contributed by atoms with van der Waals surface area (Å²) in [5.41, 5.74) is 0.998. The number of amides is 2. The highest BCUT2D eigenvalue weighted by Crippen LogP contribution is 2.35. The number of para-hydroxylation sites is 1. The van der Waals surface area contributed by atoms with Crippen molar-refractivity contribution < 1.29 is 19.1 Å². The van der Waals surface area contributed by atoms with E-state index < -0.39 is 24.0 Å². The van der Waals surface area contributed by atoms with Gasteiger partial charge in [-0.3, -0.25) is 4.79 Å². The molecule has 106 valence electrons. The normalized spacial score (nSPS) is 21.7. The van der Waals surface area contributed by atoms with Gasteiger partial charge in [-0.25, -0.2) is 4.79 Å². The van der Waals surface area contributed by atoms with Crippen molar-refractivity contribution in [3.63, 3.8) is 0 Å². The number of esters is 1. The van der Waals surface area contributed by atoms with Crippen LogP contribution in [0.15, 0.2) is 36.5 Å². The van der Waals surface area contributed by atoms with Gasteiger partial charge in [0.1, 0.15) is 11.7 Å². The van der Waals surface area contributed by atoms with E-state index in [-0.39, 0.29) is 0 Å². The van der Waals surface area contributed by atoms with Crippen LogP contribution in [-0.2, 0) is 9.53 Å². The Bertz CT molecular complexity index is 556. The van der Waals surface area contributed by atoms with E-state index in [1.807, 2.05) is 12.1 Å². The lowest BCUT2D eigenvalue weighted by molar-refractivity contribution is -0.145. The van der Waals surface area contributed by atoms with E-state index in [1.54, 1.807) is 12.1 Å². The molecule has 1 aromatic carbocycles. The summed E-state index contributed by atoms with van der Waals surface area (Å²) < 4.78 is 10.1. The lowest BCUT2D eigenvalue weighted by Gasteiger charge is -2.33. The van der Waals surface area contributed by atoms with Crippen LogP contribution in [0.25, 0.3) is 0 Å². The van der Waals surface area contributed by atoms with Gasteiger partial charge in [-0.05, 0) is 6.07 Å². The zero-order chi connectivity index (χ0) is 14.7. The monoisotopic (exact) mass is 276 g/mol. The van der Waals surface area contributed by atoms with Crippen LogP contribution in [0.2, 0.25) is 0 Å². The van der Waals surface area contributed by atoms with E-state index in [0.29, 0.717) is 17.0 Å². The fraction of sp³-hybridized carbons (Fsp3) is 0.286. The maximum Gasteiger partial charge on any atom is 0.319 e. The quantitative estimate of drug-likeness (QED) is 0.817. The molecule has 0 radical (unpaired) electrons. The SMILES string of the molecule is C=C1NC(=O)NC(c2ccccc2OC)C1C(=O)OC. The van der Waals surface area contributed by atoms with Gasteiger partial charge in [-0.2, -0.15) is 0 Å². The third-order valence-electron chi connectivity index (χ3n) is 3.20. The molecule has 2 N–H and O–H groups in total. The number of rotatable bonds is 3. The molecule has 0 saturated carbocycles. The van der Waals surface area contributed by atoms with E-state index >= 15 is 0 Å². The second-order valence-corrected chi connectivity index (χ2v) is 4.34. The molecule has 20 heavy (non-hydrogen) atoms.